The van der Waals surface area contributed by atoms with E-state index in [4.69, 9.17) is 14.0 Å². The molecule has 0 saturated heterocycles. The van der Waals surface area contributed by atoms with Crippen LogP contribution in [0.1, 0.15) is 19.4 Å². The second-order valence-electron chi connectivity index (χ2n) is 5.27. The van der Waals surface area contributed by atoms with Gasteiger partial charge in [0, 0.05) is 11.0 Å². The first-order chi connectivity index (χ1) is 12.3. The third kappa shape index (κ3) is 4.96. The molecule has 0 spiro atoms. The van der Waals surface area contributed by atoms with Crippen molar-refractivity contribution in [2.45, 2.75) is 30.6 Å². The van der Waals surface area contributed by atoms with Gasteiger partial charge in [-0.15, -0.1) is 12.5 Å². The Morgan fingerprint density at radius 3 is 2.19 bits per heavy atom. The molecule has 2 aromatic rings. The molecule has 0 unspecified atom stereocenters. The van der Waals surface area contributed by atoms with Crippen LogP contribution in [0.15, 0.2) is 46.2 Å². The van der Waals surface area contributed by atoms with Gasteiger partial charge in [-0.05, 0) is 32.9 Å². The Labute approximate surface area is 157 Å². The highest BCUT2D eigenvalue weighted by Crippen LogP contribution is 2.43. The zero-order valence-electron chi connectivity index (χ0n) is 14.7. The normalized spacial score (nSPS) is 11.2. The largest absolute Gasteiger partial charge is 0.501 e. The molecule has 0 amide bonds. The summed E-state index contributed by atoms with van der Waals surface area (Å²) in [6.45, 7) is 6.09. The molecule has 0 heterocycles. The summed E-state index contributed by atoms with van der Waals surface area (Å²) in [7, 11) is -4.86. The van der Waals surface area contributed by atoms with E-state index in [9.17, 15) is 13.9 Å². The first kappa shape index (κ1) is 20.2. The summed E-state index contributed by atoms with van der Waals surface area (Å²) in [6.07, 6.45) is 0. The Morgan fingerprint density at radius 1 is 1.08 bits per heavy atom. The molecule has 26 heavy (non-hydrogen) atoms. The minimum absolute atomic E-state index is 0.102. The van der Waals surface area contributed by atoms with Crippen LogP contribution < -0.4 is 9.47 Å². The Hall–Kier alpha value is -2.10. The van der Waals surface area contributed by atoms with Crippen molar-refractivity contribution in [3.8, 4) is 11.5 Å². The summed E-state index contributed by atoms with van der Waals surface area (Å²) >= 11 is 1.41. The molecule has 0 saturated carbocycles. The molecule has 0 aliphatic rings. The van der Waals surface area contributed by atoms with Gasteiger partial charge in [-0.1, -0.05) is 29.5 Å². The fourth-order valence-corrected chi connectivity index (χ4v) is 3.46. The molecule has 1 N–H and O–H groups in total. The number of rotatable bonds is 8. The average Bonchev–Trinajstić information content (AvgIpc) is 2.58. The number of ether oxygens (including phenoxy) is 2. The van der Waals surface area contributed by atoms with Gasteiger partial charge in [-0.25, -0.2) is 4.55 Å². The topological polar surface area (TPSA) is 98.1 Å². The SMILES string of the molecule is CCOc1cc([N+](=[N-])S(=O)(=O)O)c(OCC)cc1Sc1ccc(C)cc1. The lowest BCUT2D eigenvalue weighted by molar-refractivity contribution is -0.299. The van der Waals surface area contributed by atoms with Gasteiger partial charge in [-0.3, -0.25) is 0 Å². The first-order valence-corrected chi connectivity index (χ1v) is 10.1. The van der Waals surface area contributed by atoms with Crippen molar-refractivity contribution in [2.24, 2.45) is 0 Å². The molecule has 0 aliphatic carbocycles. The number of hydrogen-bond acceptors (Lipinski definition) is 5. The molecule has 0 aromatic heterocycles. The van der Waals surface area contributed by atoms with E-state index in [1.807, 2.05) is 31.2 Å². The van der Waals surface area contributed by atoms with Gasteiger partial charge in [0.1, 0.15) is 5.75 Å². The zero-order chi connectivity index (χ0) is 19.3. The Bertz CT molecular complexity index is 896. The summed E-state index contributed by atoms with van der Waals surface area (Å²) in [6, 6.07) is 10.8. The highest BCUT2D eigenvalue weighted by Gasteiger charge is 2.26. The third-order valence-corrected chi connectivity index (χ3v) is 4.98. The molecule has 2 rings (SSSR count). The summed E-state index contributed by atoms with van der Waals surface area (Å²) in [5, 5.41) is 0. The molecule has 2 aromatic carbocycles. The Kier molecular flexibility index (Phi) is 6.63. The fraction of sp³-hybridized carbons (Fsp3) is 0.294. The van der Waals surface area contributed by atoms with Crippen molar-refractivity contribution in [1.82, 2.24) is 0 Å². The molecule has 7 nitrogen and oxygen atoms in total. The molecular weight excluding hydrogens is 376 g/mol. The Balaban J connectivity index is 2.54. The van der Waals surface area contributed by atoms with Crippen LogP contribution in [0.25, 0.3) is 5.53 Å². The lowest BCUT2D eigenvalue weighted by atomic mass is 10.2. The lowest BCUT2D eigenvalue weighted by Crippen LogP contribution is -2.13. The molecule has 0 atom stereocenters. The van der Waals surface area contributed by atoms with Gasteiger partial charge < -0.3 is 15.0 Å². The summed E-state index contributed by atoms with van der Waals surface area (Å²) in [4.78, 5) is 1.65. The minimum atomic E-state index is -4.86. The van der Waals surface area contributed by atoms with Crippen molar-refractivity contribution >= 4 is 27.8 Å². The highest BCUT2D eigenvalue weighted by atomic mass is 32.2. The number of nitrogens with zero attached hydrogens (tertiary/aromatic N) is 2. The van der Waals surface area contributed by atoms with Crippen molar-refractivity contribution in [3.63, 3.8) is 0 Å². The van der Waals surface area contributed by atoms with Crippen LogP contribution in [0, 0.1) is 6.92 Å². The Morgan fingerprint density at radius 2 is 1.65 bits per heavy atom. The maximum Gasteiger partial charge on any atom is 0.501 e. The number of aryl methyl sites for hydroxylation is 1. The van der Waals surface area contributed by atoms with Gasteiger partial charge in [0.25, 0.3) is 5.69 Å². The minimum Gasteiger partial charge on any atom is -0.492 e. The van der Waals surface area contributed by atoms with Crippen molar-refractivity contribution in [3.05, 3.63) is 47.5 Å². The van der Waals surface area contributed by atoms with Crippen molar-refractivity contribution < 1.29 is 26.5 Å². The van der Waals surface area contributed by atoms with Crippen LogP contribution in [-0.4, -0.2) is 30.3 Å². The smallest absolute Gasteiger partial charge is 0.492 e. The van der Waals surface area contributed by atoms with Gasteiger partial charge in [0.05, 0.1) is 24.2 Å². The quantitative estimate of drug-likeness (QED) is 0.403. The molecule has 0 aliphatic heterocycles. The highest BCUT2D eigenvalue weighted by molar-refractivity contribution is 7.99. The van der Waals surface area contributed by atoms with Crippen LogP contribution >= 0.6 is 11.8 Å². The second kappa shape index (κ2) is 8.52. The van der Waals surface area contributed by atoms with Gasteiger partial charge in [0.15, 0.2) is 5.75 Å². The number of benzene rings is 2. The maximum atomic E-state index is 11.3. The first-order valence-electron chi connectivity index (χ1n) is 7.91. The van der Waals surface area contributed by atoms with Crippen LogP contribution in [0.5, 0.6) is 11.5 Å². The summed E-state index contributed by atoms with van der Waals surface area (Å²) in [5.41, 5.74) is 10.7. The fourth-order valence-electron chi connectivity index (χ4n) is 2.16. The molecule has 140 valence electrons. The number of hydrogen-bond donors (Lipinski definition) is 1. The second-order valence-corrected chi connectivity index (χ2v) is 7.63. The van der Waals surface area contributed by atoms with Crippen LogP contribution in [0.3, 0.4) is 0 Å². The standard InChI is InChI=1S/C17H20N2O5S2/c1-4-23-15-11-17(25-13-8-6-12(3)7-9-13)16(24-5-2)10-14(15)19(18)26(20,21)22/h6-11H,4-5H2,1-3H3,(H,20,21,22). The predicted octanol–water partition coefficient (Wildman–Crippen LogP) is 4.41. The van der Waals surface area contributed by atoms with E-state index >= 15 is 0 Å². The van der Waals surface area contributed by atoms with E-state index in [0.29, 0.717) is 17.3 Å². The monoisotopic (exact) mass is 396 g/mol. The molecule has 0 fully saturated rings. The van der Waals surface area contributed by atoms with Crippen LogP contribution in [-0.2, 0) is 10.3 Å². The average molecular weight is 396 g/mol. The lowest BCUT2D eigenvalue weighted by Gasteiger charge is -2.15. The van der Waals surface area contributed by atoms with Crippen LogP contribution in [0.2, 0.25) is 0 Å². The molecular formula is C17H20N2O5S2. The van der Waals surface area contributed by atoms with E-state index < -0.39 is 10.3 Å². The van der Waals surface area contributed by atoms with E-state index in [-0.39, 0.29) is 22.1 Å². The van der Waals surface area contributed by atoms with Gasteiger partial charge in [-0.2, -0.15) is 0 Å². The third-order valence-electron chi connectivity index (χ3n) is 3.30. The van der Waals surface area contributed by atoms with Gasteiger partial charge >= 0.3 is 10.3 Å². The molecule has 0 radical (unpaired) electrons. The summed E-state index contributed by atoms with van der Waals surface area (Å²) < 4.78 is 42.5. The predicted molar refractivity (Wildman–Crippen MR) is 98.9 cm³/mol. The van der Waals surface area contributed by atoms with Crippen LogP contribution in [0.4, 0.5) is 5.69 Å². The molecule has 0 bridgehead atoms. The van der Waals surface area contributed by atoms with Crippen molar-refractivity contribution in [1.29, 1.82) is 0 Å². The summed E-state index contributed by atoms with van der Waals surface area (Å²) in [5.74, 6) is 0.463. The van der Waals surface area contributed by atoms with E-state index in [2.05, 4.69) is 0 Å². The van der Waals surface area contributed by atoms with E-state index in [1.165, 1.54) is 17.8 Å². The zero-order valence-corrected chi connectivity index (χ0v) is 16.3. The molecule has 9 heteroatoms. The van der Waals surface area contributed by atoms with Crippen molar-refractivity contribution in [2.75, 3.05) is 13.2 Å². The van der Waals surface area contributed by atoms with E-state index in [1.54, 1.807) is 19.9 Å². The maximum absolute atomic E-state index is 11.3. The van der Waals surface area contributed by atoms with Gasteiger partial charge in [0.2, 0.25) is 0 Å². The van der Waals surface area contributed by atoms with E-state index in [0.717, 1.165) is 10.5 Å².